The number of ether oxygens (including phenoxy) is 2. The molecular weight excluding hydrogens is 249 g/mol. The smallest absolute Gasteiger partial charge is 0.691 e. The maximum atomic E-state index is 12.5. The van der Waals surface area contributed by atoms with Crippen LogP contribution in [-0.2, 0) is 23.6 Å². The van der Waals surface area contributed by atoms with Crippen molar-refractivity contribution in [3.8, 4) is 0 Å². The van der Waals surface area contributed by atoms with Crippen molar-refractivity contribution in [3.05, 3.63) is 0 Å². The van der Waals surface area contributed by atoms with Crippen molar-refractivity contribution in [2.24, 2.45) is 0 Å². The average Bonchev–Trinajstić information content (AvgIpc) is 2.15. The summed E-state index contributed by atoms with van der Waals surface area (Å²) in [5.74, 6) is -1.84. The molecule has 6 nitrogen and oxygen atoms in total. The first-order chi connectivity index (χ1) is 6.54. The van der Waals surface area contributed by atoms with Gasteiger partial charge < -0.3 is 14.7 Å². The van der Waals surface area contributed by atoms with E-state index in [4.69, 9.17) is 0 Å². The van der Waals surface area contributed by atoms with Crippen molar-refractivity contribution in [3.63, 3.8) is 0 Å². The minimum Gasteiger partial charge on any atom is -0.691 e. The Bertz CT molecular complexity index is 183. The molecule has 0 spiro atoms. The second kappa shape index (κ2) is 9.73. The fourth-order valence-electron chi connectivity index (χ4n) is 0.392. The number of carbonyl (C=O) groups is 1. The normalized spacial score (nSPS) is 10.7. The summed E-state index contributed by atoms with van der Waals surface area (Å²) in [6, 6.07) is 0. The van der Waals surface area contributed by atoms with E-state index in [1.807, 2.05) is 0 Å². The Morgan fingerprint density at radius 1 is 1.47 bits per heavy atom. The van der Waals surface area contributed by atoms with Gasteiger partial charge in [0.2, 0.25) is 0 Å². The van der Waals surface area contributed by atoms with Crippen molar-refractivity contribution < 1.29 is 67.2 Å². The standard InChI is InChI=1S/C5H8F2O6S.Na/c1-10-2-3-11-4(8)5(6,7)14-13-12-9;/h9H,2-3H2,1H3;/q;+1/p-1. The van der Waals surface area contributed by atoms with Gasteiger partial charge in [-0.1, -0.05) is 0 Å². The van der Waals surface area contributed by atoms with Gasteiger partial charge in [-0.15, -0.1) is 0 Å². The molecule has 0 aromatic carbocycles. The number of halogens is 2. The number of hydrogen-bond acceptors (Lipinski definition) is 7. The quantitative estimate of drug-likeness (QED) is 0.118. The molecule has 10 heteroatoms. The number of methoxy groups -OCH3 is 1. The van der Waals surface area contributed by atoms with E-state index >= 15 is 0 Å². The Hall–Kier alpha value is 0.520. The van der Waals surface area contributed by atoms with E-state index < -0.39 is 23.3 Å². The molecule has 0 fully saturated rings. The minimum absolute atomic E-state index is 0. The molecule has 0 N–H and O–H groups in total. The van der Waals surface area contributed by atoms with Gasteiger partial charge in [-0.3, -0.25) is 5.04 Å². The zero-order valence-corrected chi connectivity index (χ0v) is 10.8. The van der Waals surface area contributed by atoms with Gasteiger partial charge in [0.15, 0.2) is 0 Å². The molecule has 0 saturated carbocycles. The molecule has 0 aliphatic rings. The van der Waals surface area contributed by atoms with Gasteiger partial charge in [0.1, 0.15) is 18.6 Å². The molecule has 0 radical (unpaired) electrons. The molecule has 0 heterocycles. The molecular formula is C5H7F2NaO6S. The molecule has 0 aliphatic heterocycles. The van der Waals surface area contributed by atoms with Gasteiger partial charge in [0.25, 0.3) is 0 Å². The van der Waals surface area contributed by atoms with E-state index in [0.29, 0.717) is 0 Å². The summed E-state index contributed by atoms with van der Waals surface area (Å²) in [5, 5.41) is 7.88. The molecule has 0 bridgehead atoms. The first-order valence-corrected chi connectivity index (χ1v) is 3.97. The molecule has 0 rings (SSSR count). The SMILES string of the molecule is COCCOC(=O)C(F)(F)SOO[O-].[Na+]. The van der Waals surface area contributed by atoms with Crippen LogP contribution in [0.3, 0.4) is 0 Å². The van der Waals surface area contributed by atoms with Crippen LogP contribution in [0.2, 0.25) is 0 Å². The third kappa shape index (κ3) is 8.34. The van der Waals surface area contributed by atoms with Gasteiger partial charge in [0, 0.05) is 7.11 Å². The van der Waals surface area contributed by atoms with Gasteiger partial charge in [-0.05, 0) is 0 Å². The molecule has 84 valence electrons. The van der Waals surface area contributed by atoms with Crippen LogP contribution in [0, 0.1) is 0 Å². The maximum Gasteiger partial charge on any atom is 1.00 e. The summed E-state index contributed by atoms with van der Waals surface area (Å²) < 4.78 is 36.9. The molecule has 0 unspecified atom stereocenters. The molecule has 0 aromatic heterocycles. The number of hydrogen-bond donors (Lipinski definition) is 0. The van der Waals surface area contributed by atoms with E-state index in [2.05, 4.69) is 18.8 Å². The van der Waals surface area contributed by atoms with Crippen LogP contribution >= 0.6 is 12.0 Å². The van der Waals surface area contributed by atoms with Crippen molar-refractivity contribution in [2.45, 2.75) is 5.25 Å². The van der Waals surface area contributed by atoms with Crippen LogP contribution in [0.15, 0.2) is 0 Å². The second-order valence-electron chi connectivity index (χ2n) is 1.86. The summed E-state index contributed by atoms with van der Waals surface area (Å²) >= 11 is -0.739. The first kappa shape index (κ1) is 17.9. The third-order valence-corrected chi connectivity index (χ3v) is 1.42. The van der Waals surface area contributed by atoms with E-state index in [1.54, 1.807) is 0 Å². The molecule has 0 saturated heterocycles. The van der Waals surface area contributed by atoms with E-state index in [9.17, 15) is 18.8 Å². The predicted molar refractivity (Wildman–Crippen MR) is 37.5 cm³/mol. The second-order valence-corrected chi connectivity index (χ2v) is 2.68. The van der Waals surface area contributed by atoms with Crippen LogP contribution < -0.4 is 34.8 Å². The Balaban J connectivity index is 0. The summed E-state index contributed by atoms with van der Waals surface area (Å²) in [7, 11) is 1.31. The zero-order chi connectivity index (χ0) is 11.0. The first-order valence-electron chi connectivity index (χ1n) is 3.23. The summed E-state index contributed by atoms with van der Waals surface area (Å²) in [6.45, 7) is -0.324. The Labute approximate surface area is 111 Å². The number of alkyl halides is 2. The molecule has 15 heavy (non-hydrogen) atoms. The third-order valence-electron chi connectivity index (χ3n) is 0.925. The van der Waals surface area contributed by atoms with E-state index in [1.165, 1.54) is 7.11 Å². The Morgan fingerprint density at radius 2 is 2.07 bits per heavy atom. The molecule has 0 atom stereocenters. The van der Waals surface area contributed by atoms with Crippen LogP contribution in [0.25, 0.3) is 0 Å². The Kier molecular flexibility index (Phi) is 11.6. The summed E-state index contributed by atoms with van der Waals surface area (Å²) in [5.41, 5.74) is 0. The van der Waals surface area contributed by atoms with Crippen LogP contribution in [0.1, 0.15) is 0 Å². The van der Waals surface area contributed by atoms with Gasteiger partial charge in [-0.25, -0.2) is 4.79 Å². The number of esters is 1. The van der Waals surface area contributed by atoms with Crippen molar-refractivity contribution in [1.82, 2.24) is 0 Å². The van der Waals surface area contributed by atoms with Gasteiger partial charge in [-0.2, -0.15) is 13.1 Å². The van der Waals surface area contributed by atoms with E-state index in [0.717, 1.165) is 0 Å². The fraction of sp³-hybridized carbons (Fsp3) is 0.800. The van der Waals surface area contributed by atoms with E-state index in [-0.39, 0.29) is 42.8 Å². The molecule has 0 aromatic rings. The van der Waals surface area contributed by atoms with Crippen LogP contribution in [-0.4, -0.2) is 31.5 Å². The Morgan fingerprint density at radius 3 is 2.53 bits per heavy atom. The number of carbonyl (C=O) groups excluding carboxylic acids is 1. The van der Waals surface area contributed by atoms with Gasteiger partial charge in [0.05, 0.1) is 6.61 Å². The number of rotatable bonds is 7. The summed E-state index contributed by atoms with van der Waals surface area (Å²) in [6.07, 6.45) is 0. The minimum atomic E-state index is -3.99. The monoisotopic (exact) mass is 256 g/mol. The maximum absolute atomic E-state index is 12.5. The summed E-state index contributed by atoms with van der Waals surface area (Å²) in [4.78, 5) is 10.6. The zero-order valence-electron chi connectivity index (χ0n) is 8.03. The molecule has 0 amide bonds. The van der Waals surface area contributed by atoms with Crippen LogP contribution in [0.5, 0.6) is 0 Å². The molecule has 0 aliphatic carbocycles. The average molecular weight is 256 g/mol. The van der Waals surface area contributed by atoms with Crippen molar-refractivity contribution in [1.29, 1.82) is 0 Å². The van der Waals surface area contributed by atoms with Crippen molar-refractivity contribution >= 4 is 18.0 Å². The van der Waals surface area contributed by atoms with Crippen LogP contribution in [0.4, 0.5) is 8.78 Å². The predicted octanol–water partition coefficient (Wildman–Crippen LogP) is -3.36. The largest absolute Gasteiger partial charge is 1.00 e. The van der Waals surface area contributed by atoms with Crippen molar-refractivity contribution in [2.75, 3.05) is 20.3 Å². The topological polar surface area (TPSA) is 77.1 Å². The fourth-order valence-corrected chi connectivity index (χ4v) is 0.633. The van der Waals surface area contributed by atoms with Gasteiger partial charge >= 0.3 is 40.8 Å².